The molecule has 1 heterocycles. The zero-order valence-electron chi connectivity index (χ0n) is 13.5. The van der Waals surface area contributed by atoms with Crippen LogP contribution in [0.15, 0.2) is 0 Å². The number of hydrogen-bond acceptors (Lipinski definition) is 2. The molecule has 0 aromatic heterocycles. The van der Waals surface area contributed by atoms with E-state index in [2.05, 4.69) is 37.7 Å². The van der Waals surface area contributed by atoms with Gasteiger partial charge in [0.25, 0.3) is 0 Å². The van der Waals surface area contributed by atoms with Crippen LogP contribution in [0.25, 0.3) is 0 Å². The Kier molecular flexibility index (Phi) is 19.8. The van der Waals surface area contributed by atoms with Crippen LogP contribution < -0.4 is 0 Å². The van der Waals surface area contributed by atoms with Gasteiger partial charge in [0, 0.05) is 25.2 Å². The van der Waals surface area contributed by atoms with Gasteiger partial charge in [-0.2, -0.15) is 0 Å². The maximum Gasteiger partial charge on any atom is 0.0192 e. The van der Waals surface area contributed by atoms with E-state index in [9.17, 15) is 0 Å². The van der Waals surface area contributed by atoms with E-state index in [1.54, 1.807) is 0 Å². The van der Waals surface area contributed by atoms with Gasteiger partial charge in [-0.15, -0.1) is 0 Å². The minimum Gasteiger partial charge on any atom is -0.301 e. The summed E-state index contributed by atoms with van der Waals surface area (Å²) < 4.78 is 0. The topological polar surface area (TPSA) is 6.48 Å². The minimum absolute atomic E-state index is 0.723. The van der Waals surface area contributed by atoms with Crippen molar-refractivity contribution < 1.29 is 0 Å². The van der Waals surface area contributed by atoms with E-state index in [1.165, 1.54) is 13.1 Å². The van der Waals surface area contributed by atoms with E-state index in [1.807, 2.05) is 41.5 Å². The van der Waals surface area contributed by atoms with E-state index >= 15 is 0 Å². The van der Waals surface area contributed by atoms with Crippen LogP contribution in [-0.2, 0) is 0 Å². The van der Waals surface area contributed by atoms with Crippen LogP contribution in [0.1, 0.15) is 55.4 Å². The van der Waals surface area contributed by atoms with Crippen LogP contribution in [0, 0.1) is 0 Å². The number of piperazine rings is 1. The molecule has 0 aromatic carbocycles. The van der Waals surface area contributed by atoms with Crippen LogP contribution >= 0.6 is 0 Å². The van der Waals surface area contributed by atoms with Gasteiger partial charge in [0.2, 0.25) is 0 Å². The van der Waals surface area contributed by atoms with E-state index < -0.39 is 0 Å². The van der Waals surface area contributed by atoms with Gasteiger partial charge >= 0.3 is 0 Å². The summed E-state index contributed by atoms with van der Waals surface area (Å²) in [5.41, 5.74) is 0. The third-order valence-corrected chi connectivity index (χ3v) is 2.61. The predicted molar refractivity (Wildman–Crippen MR) is 78.2 cm³/mol. The predicted octanol–water partition coefficient (Wildman–Crippen LogP) is 3.72. The molecule has 102 valence electrons. The molecule has 0 amide bonds. The molecule has 2 heteroatoms. The van der Waals surface area contributed by atoms with Gasteiger partial charge in [0.1, 0.15) is 0 Å². The molecule has 16 heavy (non-hydrogen) atoms. The summed E-state index contributed by atoms with van der Waals surface area (Å²) in [4.78, 5) is 4.84. The molecule has 2 nitrogen and oxygen atoms in total. The molecule has 1 saturated heterocycles. The molecular weight excluding hydrogens is 196 g/mol. The molecule has 0 saturated carbocycles. The molecule has 0 spiro atoms. The van der Waals surface area contributed by atoms with E-state index in [0.29, 0.717) is 0 Å². The van der Waals surface area contributed by atoms with Gasteiger partial charge in [0.15, 0.2) is 0 Å². The van der Waals surface area contributed by atoms with Crippen LogP contribution in [-0.4, -0.2) is 49.1 Å². The monoisotopic (exact) mass is 232 g/mol. The molecule has 2 unspecified atom stereocenters. The fourth-order valence-electron chi connectivity index (χ4n) is 1.47. The molecular formula is C14H36N2. The van der Waals surface area contributed by atoms with Crippen LogP contribution in [0.2, 0.25) is 0 Å². The Hall–Kier alpha value is -0.0800. The molecule has 1 rings (SSSR count). The summed E-state index contributed by atoms with van der Waals surface area (Å²) >= 11 is 0. The van der Waals surface area contributed by atoms with Crippen molar-refractivity contribution in [1.82, 2.24) is 9.80 Å². The van der Waals surface area contributed by atoms with Crippen molar-refractivity contribution in [2.45, 2.75) is 67.5 Å². The lowest BCUT2D eigenvalue weighted by atomic mass is 10.1. The lowest BCUT2D eigenvalue weighted by molar-refractivity contribution is 0.0803. The van der Waals surface area contributed by atoms with Crippen molar-refractivity contribution >= 4 is 0 Å². The largest absolute Gasteiger partial charge is 0.301 e. The lowest BCUT2D eigenvalue weighted by Crippen LogP contribution is -2.53. The van der Waals surface area contributed by atoms with Gasteiger partial charge in [-0.25, -0.2) is 0 Å². The first-order valence-electron chi connectivity index (χ1n) is 7.01. The highest BCUT2D eigenvalue weighted by Gasteiger charge is 2.22. The van der Waals surface area contributed by atoms with E-state index in [4.69, 9.17) is 0 Å². The highest BCUT2D eigenvalue weighted by Crippen LogP contribution is 2.09. The molecule has 0 aromatic rings. The summed E-state index contributed by atoms with van der Waals surface area (Å²) in [6, 6.07) is 1.45. The first-order valence-corrected chi connectivity index (χ1v) is 7.01. The van der Waals surface area contributed by atoms with E-state index in [-0.39, 0.29) is 0 Å². The quantitative estimate of drug-likeness (QED) is 0.628. The highest BCUT2D eigenvalue weighted by atomic mass is 15.3. The molecule has 0 radical (unpaired) electrons. The molecule has 1 aliphatic heterocycles. The second kappa shape index (κ2) is 14.9. The third kappa shape index (κ3) is 9.17. The number of hydrogen-bond donors (Lipinski definition) is 0. The van der Waals surface area contributed by atoms with Gasteiger partial charge in [-0.3, -0.25) is 0 Å². The summed E-state index contributed by atoms with van der Waals surface area (Å²) in [5, 5.41) is 0. The maximum atomic E-state index is 2.42. The Morgan fingerprint density at radius 3 is 1.00 bits per heavy atom. The molecule has 0 bridgehead atoms. The zero-order chi connectivity index (χ0) is 13.7. The summed E-state index contributed by atoms with van der Waals surface area (Å²) in [7, 11) is 4.41. The first kappa shape index (κ1) is 21.2. The Bertz CT molecular complexity index is 89.3. The zero-order valence-corrected chi connectivity index (χ0v) is 13.5. The average molecular weight is 232 g/mol. The third-order valence-electron chi connectivity index (χ3n) is 2.61. The number of nitrogens with zero attached hydrogens (tertiary/aromatic N) is 2. The second-order valence-electron chi connectivity index (χ2n) is 3.58. The average Bonchev–Trinajstić information content (AvgIpc) is 2.34. The second-order valence-corrected chi connectivity index (χ2v) is 3.58. The number of rotatable bonds is 0. The van der Waals surface area contributed by atoms with Crippen LogP contribution in [0.3, 0.4) is 0 Å². The van der Waals surface area contributed by atoms with Crippen molar-refractivity contribution in [3.8, 4) is 0 Å². The van der Waals surface area contributed by atoms with Gasteiger partial charge < -0.3 is 9.80 Å². The molecule has 0 aliphatic carbocycles. The van der Waals surface area contributed by atoms with Crippen molar-refractivity contribution in [3.05, 3.63) is 0 Å². The van der Waals surface area contributed by atoms with Gasteiger partial charge in [-0.05, 0) is 27.9 Å². The van der Waals surface area contributed by atoms with Gasteiger partial charge in [0.05, 0.1) is 0 Å². The van der Waals surface area contributed by atoms with Crippen molar-refractivity contribution in [2.24, 2.45) is 0 Å². The SMILES string of the molecule is CC.CC.CC.CC1CN(C)C(C)CN1C. The molecule has 1 aliphatic rings. The Balaban J connectivity index is -0.000000245. The van der Waals surface area contributed by atoms with Crippen molar-refractivity contribution in [2.75, 3.05) is 27.2 Å². The van der Waals surface area contributed by atoms with Crippen molar-refractivity contribution in [1.29, 1.82) is 0 Å². The normalized spacial score (nSPS) is 25.1. The lowest BCUT2D eigenvalue weighted by Gasteiger charge is -2.40. The summed E-state index contributed by atoms with van der Waals surface area (Å²) in [5.74, 6) is 0. The smallest absolute Gasteiger partial charge is 0.0192 e. The standard InChI is InChI=1S/C8H18N2.3C2H6/c1-7-5-10(4)8(2)6-9(7)3;3*1-2/h7-8H,5-6H2,1-4H3;3*1-2H3. The molecule has 2 atom stereocenters. The van der Waals surface area contributed by atoms with Gasteiger partial charge in [-0.1, -0.05) is 41.5 Å². The van der Waals surface area contributed by atoms with Crippen molar-refractivity contribution in [3.63, 3.8) is 0 Å². The van der Waals surface area contributed by atoms with Crippen LogP contribution in [0.4, 0.5) is 0 Å². The minimum atomic E-state index is 0.723. The molecule has 0 N–H and O–H groups in total. The van der Waals surface area contributed by atoms with E-state index in [0.717, 1.165) is 12.1 Å². The summed E-state index contributed by atoms with van der Waals surface area (Å²) in [6.07, 6.45) is 0. The number of likely N-dealkylation sites (N-methyl/N-ethyl adjacent to an activating group) is 2. The fraction of sp³-hybridized carbons (Fsp3) is 1.00. The fourth-order valence-corrected chi connectivity index (χ4v) is 1.47. The van der Waals surface area contributed by atoms with Crippen LogP contribution in [0.5, 0.6) is 0 Å². The summed E-state index contributed by atoms with van der Waals surface area (Å²) in [6.45, 7) is 19.0. The Morgan fingerprint density at radius 1 is 0.625 bits per heavy atom. The maximum absolute atomic E-state index is 2.42. The Morgan fingerprint density at radius 2 is 0.812 bits per heavy atom. The Labute approximate surface area is 105 Å². The first-order chi connectivity index (χ1) is 7.61. The highest BCUT2D eigenvalue weighted by molar-refractivity contribution is 4.79. The molecule has 1 fully saturated rings.